The highest BCUT2D eigenvalue weighted by Crippen LogP contribution is 2.27. The van der Waals surface area contributed by atoms with E-state index in [-0.39, 0.29) is 0 Å². The van der Waals surface area contributed by atoms with Crippen LogP contribution in [0.1, 0.15) is 12.5 Å². The summed E-state index contributed by atoms with van der Waals surface area (Å²) in [5.74, 6) is 2.12. The molecule has 0 aliphatic rings. The van der Waals surface area contributed by atoms with Crippen LogP contribution >= 0.6 is 0 Å². The minimum atomic E-state index is 0.598. The zero-order valence-corrected chi connectivity index (χ0v) is 12.1. The molecule has 0 radical (unpaired) electrons. The zero-order chi connectivity index (χ0) is 14.7. The molecule has 0 saturated heterocycles. The lowest BCUT2D eigenvalue weighted by Crippen LogP contribution is -2.06. The Hall–Kier alpha value is -2.69. The van der Waals surface area contributed by atoms with Gasteiger partial charge < -0.3 is 10.3 Å². The predicted octanol–water partition coefficient (Wildman–Crippen LogP) is 3.27. The lowest BCUT2D eigenvalue weighted by atomic mass is 10.1. The average Bonchev–Trinajstić information content (AvgIpc) is 3.05. The van der Waals surface area contributed by atoms with E-state index in [1.54, 1.807) is 12.4 Å². The number of rotatable bonds is 4. The van der Waals surface area contributed by atoms with Crippen LogP contribution in [0.5, 0.6) is 0 Å². The van der Waals surface area contributed by atoms with E-state index in [4.69, 9.17) is 0 Å². The van der Waals surface area contributed by atoms with Gasteiger partial charge in [-0.2, -0.15) is 0 Å². The lowest BCUT2D eigenvalue weighted by Gasteiger charge is -2.12. The van der Waals surface area contributed by atoms with E-state index in [1.807, 2.05) is 25.1 Å². The number of aromatic amines is 1. The van der Waals surface area contributed by atoms with Gasteiger partial charge in [0.1, 0.15) is 5.82 Å². The maximum absolute atomic E-state index is 4.68. The molecule has 21 heavy (non-hydrogen) atoms. The topological polar surface area (TPSA) is 66.5 Å². The van der Waals surface area contributed by atoms with Gasteiger partial charge in [-0.25, -0.2) is 15.0 Å². The summed E-state index contributed by atoms with van der Waals surface area (Å²) in [6.45, 7) is 4.90. The number of hydrogen-bond donors (Lipinski definition) is 2. The summed E-state index contributed by atoms with van der Waals surface area (Å²) >= 11 is 0. The first-order chi connectivity index (χ1) is 10.3. The zero-order valence-electron chi connectivity index (χ0n) is 12.1. The number of imidazole rings is 1. The number of nitrogens with zero attached hydrogens (tertiary/aromatic N) is 3. The van der Waals surface area contributed by atoms with Gasteiger partial charge in [-0.15, -0.1) is 0 Å². The molecule has 0 atom stereocenters. The first-order valence-corrected chi connectivity index (χ1v) is 6.97. The normalized spacial score (nSPS) is 10.6. The molecule has 5 nitrogen and oxygen atoms in total. The average molecular weight is 279 g/mol. The Kier molecular flexibility index (Phi) is 3.64. The Morgan fingerprint density at radius 3 is 2.62 bits per heavy atom. The SMILES string of the molecule is CCNc1nc(-c2ncc[nH]2)nc(-c2ccccc2)c1C. The summed E-state index contributed by atoms with van der Waals surface area (Å²) in [4.78, 5) is 16.6. The van der Waals surface area contributed by atoms with Crippen LogP contribution in [-0.4, -0.2) is 26.5 Å². The second kappa shape index (κ2) is 5.75. The van der Waals surface area contributed by atoms with Crippen LogP contribution in [0.15, 0.2) is 42.7 Å². The molecule has 0 aliphatic carbocycles. The number of nitrogens with one attached hydrogen (secondary N) is 2. The van der Waals surface area contributed by atoms with E-state index >= 15 is 0 Å². The van der Waals surface area contributed by atoms with Crippen LogP contribution in [0.25, 0.3) is 22.9 Å². The fraction of sp³-hybridized carbons (Fsp3) is 0.188. The maximum Gasteiger partial charge on any atom is 0.198 e. The van der Waals surface area contributed by atoms with Gasteiger partial charge in [0.05, 0.1) is 5.69 Å². The number of aromatic nitrogens is 4. The van der Waals surface area contributed by atoms with E-state index in [2.05, 4.69) is 44.3 Å². The third-order valence-corrected chi connectivity index (χ3v) is 3.25. The third-order valence-electron chi connectivity index (χ3n) is 3.25. The van der Waals surface area contributed by atoms with Gasteiger partial charge in [-0.05, 0) is 13.8 Å². The van der Waals surface area contributed by atoms with Gasteiger partial charge in [-0.1, -0.05) is 30.3 Å². The Morgan fingerprint density at radius 1 is 1.14 bits per heavy atom. The van der Waals surface area contributed by atoms with E-state index in [9.17, 15) is 0 Å². The summed E-state index contributed by atoms with van der Waals surface area (Å²) in [7, 11) is 0. The van der Waals surface area contributed by atoms with Crippen molar-refractivity contribution in [1.82, 2.24) is 19.9 Å². The van der Waals surface area contributed by atoms with Crippen LogP contribution in [0.2, 0.25) is 0 Å². The van der Waals surface area contributed by atoms with Crippen LogP contribution in [0.4, 0.5) is 5.82 Å². The van der Waals surface area contributed by atoms with Crippen molar-refractivity contribution >= 4 is 5.82 Å². The predicted molar refractivity (Wildman–Crippen MR) is 84.0 cm³/mol. The van der Waals surface area contributed by atoms with Gasteiger partial charge >= 0.3 is 0 Å². The van der Waals surface area contributed by atoms with Crippen molar-refractivity contribution < 1.29 is 0 Å². The van der Waals surface area contributed by atoms with Crippen molar-refractivity contribution in [1.29, 1.82) is 0 Å². The van der Waals surface area contributed by atoms with E-state index in [0.717, 1.165) is 29.2 Å². The maximum atomic E-state index is 4.68. The van der Waals surface area contributed by atoms with Crippen molar-refractivity contribution in [3.63, 3.8) is 0 Å². The highest BCUT2D eigenvalue weighted by atomic mass is 15.1. The van der Waals surface area contributed by atoms with E-state index in [0.29, 0.717) is 11.6 Å². The highest BCUT2D eigenvalue weighted by molar-refractivity contribution is 5.70. The van der Waals surface area contributed by atoms with E-state index < -0.39 is 0 Å². The molecule has 5 heteroatoms. The van der Waals surface area contributed by atoms with Crippen molar-refractivity contribution in [2.75, 3.05) is 11.9 Å². The highest BCUT2D eigenvalue weighted by Gasteiger charge is 2.14. The fourth-order valence-corrected chi connectivity index (χ4v) is 2.23. The Labute approximate surface area is 123 Å². The summed E-state index contributed by atoms with van der Waals surface area (Å²) < 4.78 is 0. The molecule has 0 bridgehead atoms. The van der Waals surface area contributed by atoms with Crippen molar-refractivity contribution in [2.45, 2.75) is 13.8 Å². The summed E-state index contributed by atoms with van der Waals surface area (Å²) in [5.41, 5.74) is 3.04. The summed E-state index contributed by atoms with van der Waals surface area (Å²) in [6.07, 6.45) is 3.47. The van der Waals surface area contributed by atoms with Gasteiger partial charge in [0, 0.05) is 30.1 Å². The lowest BCUT2D eigenvalue weighted by molar-refractivity contribution is 1.07. The Bertz CT molecular complexity index is 720. The van der Waals surface area contributed by atoms with Crippen LogP contribution in [0.3, 0.4) is 0 Å². The van der Waals surface area contributed by atoms with E-state index in [1.165, 1.54) is 0 Å². The molecule has 2 aromatic heterocycles. The smallest absolute Gasteiger partial charge is 0.198 e. The van der Waals surface area contributed by atoms with Crippen LogP contribution < -0.4 is 5.32 Å². The van der Waals surface area contributed by atoms with Crippen molar-refractivity contribution in [3.05, 3.63) is 48.3 Å². The number of H-pyrrole nitrogens is 1. The molecule has 0 saturated carbocycles. The largest absolute Gasteiger partial charge is 0.370 e. The standard InChI is InChI=1S/C16H17N5/c1-3-17-14-11(2)13(12-7-5-4-6-8-12)20-16(21-14)15-18-9-10-19-15/h4-10H,3H2,1-2H3,(H,18,19)(H,17,20,21). The second-order valence-electron chi connectivity index (χ2n) is 4.70. The Morgan fingerprint density at radius 2 is 1.95 bits per heavy atom. The monoisotopic (exact) mass is 279 g/mol. The molecule has 106 valence electrons. The minimum Gasteiger partial charge on any atom is -0.370 e. The van der Waals surface area contributed by atoms with Gasteiger partial charge in [0.2, 0.25) is 0 Å². The molecule has 0 fully saturated rings. The molecular formula is C16H17N5. The third kappa shape index (κ3) is 2.63. The van der Waals surface area contributed by atoms with Gasteiger partial charge in [-0.3, -0.25) is 0 Å². The summed E-state index contributed by atoms with van der Waals surface area (Å²) in [6, 6.07) is 10.1. The molecule has 0 amide bonds. The molecule has 3 aromatic rings. The molecular weight excluding hydrogens is 262 g/mol. The van der Waals surface area contributed by atoms with Crippen molar-refractivity contribution in [2.24, 2.45) is 0 Å². The molecule has 0 unspecified atom stereocenters. The second-order valence-corrected chi connectivity index (χ2v) is 4.70. The molecule has 2 N–H and O–H groups in total. The van der Waals surface area contributed by atoms with Crippen LogP contribution in [0, 0.1) is 6.92 Å². The molecule has 3 rings (SSSR count). The van der Waals surface area contributed by atoms with Gasteiger partial charge in [0.25, 0.3) is 0 Å². The number of benzene rings is 1. The Balaban J connectivity index is 2.18. The first kappa shape index (κ1) is 13.3. The van der Waals surface area contributed by atoms with Gasteiger partial charge in [0.15, 0.2) is 11.6 Å². The first-order valence-electron chi connectivity index (χ1n) is 6.97. The molecule has 2 heterocycles. The molecule has 0 spiro atoms. The molecule has 1 aromatic carbocycles. The summed E-state index contributed by atoms with van der Waals surface area (Å²) in [5, 5.41) is 3.30. The number of anilines is 1. The van der Waals surface area contributed by atoms with Crippen LogP contribution in [-0.2, 0) is 0 Å². The minimum absolute atomic E-state index is 0.598. The quantitative estimate of drug-likeness (QED) is 0.769. The number of hydrogen-bond acceptors (Lipinski definition) is 4. The fourth-order valence-electron chi connectivity index (χ4n) is 2.23. The molecule has 0 aliphatic heterocycles. The van der Waals surface area contributed by atoms with Crippen molar-refractivity contribution in [3.8, 4) is 22.9 Å².